The largest absolute Gasteiger partial charge is 0.493 e. The van der Waals surface area contributed by atoms with Crippen LogP contribution in [0.2, 0.25) is 10.0 Å². The number of fused-ring (bicyclic) bond motifs is 1. The number of carbonyl (C=O) groups is 2. The van der Waals surface area contributed by atoms with Crippen LogP contribution in [0, 0.1) is 10.1 Å². The Kier molecular flexibility index (Phi) is 7.99. The molecule has 2 heterocycles. The number of non-ortho nitro benzene ring substituents is 1. The Hall–Kier alpha value is -3.94. The van der Waals surface area contributed by atoms with Gasteiger partial charge in [0.05, 0.1) is 46.9 Å². The van der Waals surface area contributed by atoms with Crippen LogP contribution in [0.1, 0.15) is 0 Å². The molecule has 1 atom stereocenters. The lowest BCUT2D eigenvalue weighted by Gasteiger charge is -2.40. The molecule has 0 aliphatic carbocycles. The number of benzene rings is 2. The summed E-state index contributed by atoms with van der Waals surface area (Å²) in [6, 6.07) is 4.86. The van der Waals surface area contributed by atoms with Crippen molar-refractivity contribution in [3.05, 3.63) is 50.8 Å². The van der Waals surface area contributed by atoms with Gasteiger partial charge in [-0.25, -0.2) is 9.97 Å². The van der Waals surface area contributed by atoms with E-state index >= 15 is 0 Å². The number of anilines is 2. The predicted molar refractivity (Wildman–Crippen MR) is 141 cm³/mol. The third-order valence-corrected chi connectivity index (χ3v) is 6.68. The molecule has 0 saturated carbocycles. The van der Waals surface area contributed by atoms with Crippen LogP contribution in [-0.2, 0) is 9.59 Å². The molecular formula is C23H23Cl2N7O6. The normalized spacial score (nSPS) is 15.8. The van der Waals surface area contributed by atoms with Crippen LogP contribution in [0.15, 0.2) is 30.6 Å². The van der Waals surface area contributed by atoms with Crippen molar-refractivity contribution in [2.75, 3.05) is 50.6 Å². The maximum Gasteiger partial charge on any atom is 0.272 e. The Morgan fingerprint density at radius 2 is 1.79 bits per heavy atom. The lowest BCUT2D eigenvalue weighted by molar-refractivity contribution is -0.384. The quantitative estimate of drug-likeness (QED) is 0.307. The fourth-order valence-electron chi connectivity index (χ4n) is 4.24. The number of methoxy groups -OCH3 is 2. The maximum atomic E-state index is 12.8. The van der Waals surface area contributed by atoms with Gasteiger partial charge in [0.15, 0.2) is 11.5 Å². The lowest BCUT2D eigenvalue weighted by atomic mass is 10.1. The van der Waals surface area contributed by atoms with Crippen LogP contribution in [0.3, 0.4) is 0 Å². The first-order valence-electron chi connectivity index (χ1n) is 11.2. The number of nitro benzene ring substituents is 1. The fraction of sp³-hybridized carbons (Fsp3) is 0.304. The summed E-state index contributed by atoms with van der Waals surface area (Å²) < 4.78 is 10.8. The molecule has 3 N–H and O–H groups in total. The molecule has 0 spiro atoms. The SMILES string of the molecule is COc1cc2ncnc(N3CCN(CC(=O)Nc4c(Cl)cc([N+](=O)[O-])cc4Cl)C(C(N)=O)C3)c2cc1OC. The first-order valence-corrected chi connectivity index (χ1v) is 12.0. The highest BCUT2D eigenvalue weighted by Gasteiger charge is 2.34. The molecule has 15 heteroatoms. The molecule has 1 aromatic heterocycles. The van der Waals surface area contributed by atoms with Gasteiger partial charge in [-0.15, -0.1) is 0 Å². The van der Waals surface area contributed by atoms with Gasteiger partial charge in [-0.05, 0) is 6.07 Å². The summed E-state index contributed by atoms with van der Waals surface area (Å²) in [6.45, 7) is 0.709. The summed E-state index contributed by atoms with van der Waals surface area (Å²) >= 11 is 12.2. The first-order chi connectivity index (χ1) is 18.1. The Labute approximate surface area is 226 Å². The Balaban J connectivity index is 1.53. The van der Waals surface area contributed by atoms with E-state index in [1.54, 1.807) is 17.0 Å². The van der Waals surface area contributed by atoms with E-state index in [4.69, 9.17) is 38.4 Å². The van der Waals surface area contributed by atoms with Gasteiger partial charge in [-0.3, -0.25) is 24.6 Å². The molecule has 4 rings (SSSR count). The number of hydrogen-bond acceptors (Lipinski definition) is 10. The summed E-state index contributed by atoms with van der Waals surface area (Å²) in [5.41, 5.74) is 6.06. The summed E-state index contributed by atoms with van der Waals surface area (Å²) in [4.78, 5) is 47.8. The average Bonchev–Trinajstić information content (AvgIpc) is 2.89. The minimum Gasteiger partial charge on any atom is -0.493 e. The highest BCUT2D eigenvalue weighted by molar-refractivity contribution is 6.40. The molecule has 2 amide bonds. The van der Waals surface area contributed by atoms with E-state index in [2.05, 4.69) is 15.3 Å². The van der Waals surface area contributed by atoms with Crippen LogP contribution in [-0.4, -0.2) is 78.0 Å². The minimum absolute atomic E-state index is 0.0371. The Morgan fingerprint density at radius 1 is 1.13 bits per heavy atom. The number of rotatable bonds is 8. The number of halogens is 2. The third kappa shape index (κ3) is 5.49. The number of nitrogens with one attached hydrogen (secondary N) is 1. The molecule has 38 heavy (non-hydrogen) atoms. The molecular weight excluding hydrogens is 541 g/mol. The molecule has 0 bridgehead atoms. The smallest absolute Gasteiger partial charge is 0.272 e. The van der Waals surface area contributed by atoms with Gasteiger partial charge in [0.2, 0.25) is 11.8 Å². The molecule has 1 unspecified atom stereocenters. The maximum absolute atomic E-state index is 12.8. The van der Waals surface area contributed by atoms with Gasteiger partial charge in [-0.2, -0.15) is 0 Å². The van der Waals surface area contributed by atoms with Gasteiger partial charge in [0.25, 0.3) is 5.69 Å². The van der Waals surface area contributed by atoms with Crippen molar-refractivity contribution < 1.29 is 24.0 Å². The van der Waals surface area contributed by atoms with Crippen molar-refractivity contribution >= 4 is 63.1 Å². The van der Waals surface area contributed by atoms with Crippen LogP contribution >= 0.6 is 23.2 Å². The number of piperazine rings is 1. The second kappa shape index (κ2) is 11.2. The van der Waals surface area contributed by atoms with E-state index in [0.29, 0.717) is 41.3 Å². The zero-order chi connectivity index (χ0) is 27.6. The Bertz CT molecular complexity index is 1400. The van der Waals surface area contributed by atoms with Gasteiger partial charge in [-0.1, -0.05) is 23.2 Å². The molecule has 0 radical (unpaired) electrons. The van der Waals surface area contributed by atoms with E-state index in [1.165, 1.54) is 20.5 Å². The van der Waals surface area contributed by atoms with Crippen molar-refractivity contribution in [3.63, 3.8) is 0 Å². The van der Waals surface area contributed by atoms with Crippen molar-refractivity contribution in [1.82, 2.24) is 14.9 Å². The number of primary amides is 1. The molecule has 1 fully saturated rings. The number of nitro groups is 1. The molecule has 1 saturated heterocycles. The zero-order valence-electron chi connectivity index (χ0n) is 20.3. The number of hydrogen-bond donors (Lipinski definition) is 2. The highest BCUT2D eigenvalue weighted by atomic mass is 35.5. The van der Waals surface area contributed by atoms with E-state index in [0.717, 1.165) is 12.1 Å². The van der Waals surface area contributed by atoms with Crippen molar-refractivity contribution in [1.29, 1.82) is 0 Å². The molecule has 13 nitrogen and oxygen atoms in total. The highest BCUT2D eigenvalue weighted by Crippen LogP contribution is 2.36. The summed E-state index contributed by atoms with van der Waals surface area (Å²) in [6.07, 6.45) is 1.42. The third-order valence-electron chi connectivity index (χ3n) is 6.09. The van der Waals surface area contributed by atoms with E-state index in [-0.39, 0.29) is 34.5 Å². The first kappa shape index (κ1) is 27.1. The Morgan fingerprint density at radius 3 is 2.39 bits per heavy atom. The lowest BCUT2D eigenvalue weighted by Crippen LogP contribution is -2.59. The topological polar surface area (TPSA) is 166 Å². The van der Waals surface area contributed by atoms with E-state index < -0.39 is 22.8 Å². The van der Waals surface area contributed by atoms with Gasteiger partial charge in [0, 0.05) is 43.2 Å². The molecule has 200 valence electrons. The van der Waals surface area contributed by atoms with Crippen LogP contribution in [0.5, 0.6) is 11.5 Å². The number of ether oxygens (including phenoxy) is 2. The van der Waals surface area contributed by atoms with Crippen molar-refractivity contribution in [2.24, 2.45) is 5.73 Å². The van der Waals surface area contributed by atoms with Gasteiger partial charge in [0.1, 0.15) is 18.2 Å². The summed E-state index contributed by atoms with van der Waals surface area (Å²) in [5.74, 6) is 0.457. The second-order valence-electron chi connectivity index (χ2n) is 8.35. The number of nitrogens with two attached hydrogens (primary N) is 1. The molecule has 1 aliphatic rings. The second-order valence-corrected chi connectivity index (χ2v) is 9.16. The number of nitrogens with zero attached hydrogens (tertiary/aromatic N) is 5. The molecule has 1 aliphatic heterocycles. The molecule has 3 aromatic rings. The standard InChI is InChI=1S/C23H23Cl2N7O6/c1-37-18-7-13-16(8-19(18)38-2)27-11-28-23(13)31-4-3-30(17(9-31)22(26)34)10-20(33)29-21-14(24)5-12(32(35)36)6-15(21)25/h5-8,11,17H,3-4,9-10H2,1-2H3,(H2,26,34)(H,29,33). The van der Waals surface area contributed by atoms with Crippen LogP contribution in [0.25, 0.3) is 10.9 Å². The minimum atomic E-state index is -0.817. The van der Waals surface area contributed by atoms with E-state index in [1.807, 2.05) is 4.90 Å². The van der Waals surface area contributed by atoms with Crippen molar-refractivity contribution in [3.8, 4) is 11.5 Å². The van der Waals surface area contributed by atoms with Gasteiger partial charge < -0.3 is 25.4 Å². The molecule has 2 aromatic carbocycles. The van der Waals surface area contributed by atoms with E-state index in [9.17, 15) is 19.7 Å². The van der Waals surface area contributed by atoms with Gasteiger partial charge >= 0.3 is 0 Å². The van der Waals surface area contributed by atoms with Crippen molar-refractivity contribution in [2.45, 2.75) is 6.04 Å². The summed E-state index contributed by atoms with van der Waals surface area (Å²) in [5, 5.41) is 14.1. The van der Waals surface area contributed by atoms with Crippen LogP contribution in [0.4, 0.5) is 17.2 Å². The summed E-state index contributed by atoms with van der Waals surface area (Å²) in [7, 11) is 3.05. The fourth-order valence-corrected chi connectivity index (χ4v) is 4.81. The average molecular weight is 564 g/mol. The number of amides is 2. The zero-order valence-corrected chi connectivity index (χ0v) is 21.8. The van der Waals surface area contributed by atoms with Crippen LogP contribution < -0.4 is 25.4 Å². The number of aromatic nitrogens is 2. The predicted octanol–water partition coefficient (Wildman–Crippen LogP) is 2.48. The monoisotopic (exact) mass is 563 g/mol. The number of carbonyl (C=O) groups excluding carboxylic acids is 2.